The van der Waals surface area contributed by atoms with Gasteiger partial charge in [-0.15, -0.1) is 0 Å². The molecule has 0 atom stereocenters. The van der Waals surface area contributed by atoms with Gasteiger partial charge in [-0.25, -0.2) is 0 Å². The van der Waals surface area contributed by atoms with Crippen molar-refractivity contribution >= 4 is 33.7 Å². The van der Waals surface area contributed by atoms with E-state index >= 15 is 0 Å². The van der Waals surface area contributed by atoms with E-state index in [1.165, 1.54) is 111 Å². The summed E-state index contributed by atoms with van der Waals surface area (Å²) in [5.41, 5.74) is 20.2. The van der Waals surface area contributed by atoms with Gasteiger partial charge in [0.25, 0.3) is 0 Å². The van der Waals surface area contributed by atoms with Crippen LogP contribution in [0.2, 0.25) is 0 Å². The Bertz CT molecular complexity index is 3170. The number of benzene rings is 10. The van der Waals surface area contributed by atoms with Gasteiger partial charge in [-0.2, -0.15) is 0 Å². The molecule has 0 aromatic heterocycles. The monoisotopic (exact) mass is 746 g/mol. The minimum atomic E-state index is -0.386. The predicted molar refractivity (Wildman–Crippen MR) is 249 cm³/mol. The van der Waals surface area contributed by atoms with Gasteiger partial charge in [-0.05, 0) is 117 Å². The molecule has 0 heterocycles. The minimum Gasteiger partial charge on any atom is -0.0622 e. The summed E-state index contributed by atoms with van der Waals surface area (Å²) in [7, 11) is 0. The van der Waals surface area contributed by atoms with Crippen LogP contribution in [-0.2, 0) is 5.41 Å². The molecule has 12 rings (SSSR count). The second kappa shape index (κ2) is 13.3. The van der Waals surface area contributed by atoms with Crippen molar-refractivity contribution in [1.82, 2.24) is 0 Å². The van der Waals surface area contributed by atoms with E-state index in [1.807, 2.05) is 0 Å². The fourth-order valence-electron chi connectivity index (χ4n) is 10.4. The zero-order valence-corrected chi connectivity index (χ0v) is 32.4. The highest BCUT2D eigenvalue weighted by Gasteiger charge is 2.51. The first-order valence-electron chi connectivity index (χ1n) is 20.6. The summed E-state index contributed by atoms with van der Waals surface area (Å²) in [6.07, 6.45) is 4.41. The average Bonchev–Trinajstić information content (AvgIpc) is 3.78. The van der Waals surface area contributed by atoms with Crippen molar-refractivity contribution in [2.24, 2.45) is 0 Å². The molecule has 1 spiro atoms. The summed E-state index contributed by atoms with van der Waals surface area (Å²) < 4.78 is 0. The molecule has 0 bridgehead atoms. The fraction of sp³-hybridized carbons (Fsp3) is 0.0169. The van der Waals surface area contributed by atoms with Crippen molar-refractivity contribution in [3.05, 3.63) is 252 Å². The third-order valence-corrected chi connectivity index (χ3v) is 12.9. The van der Waals surface area contributed by atoms with Crippen LogP contribution in [0.25, 0.3) is 89.3 Å². The van der Waals surface area contributed by atoms with Gasteiger partial charge in [0.15, 0.2) is 0 Å². The first kappa shape index (κ1) is 33.6. The Morgan fingerprint density at radius 1 is 0.254 bits per heavy atom. The smallest absolute Gasteiger partial charge is 0.0622 e. The highest BCUT2D eigenvalue weighted by Crippen LogP contribution is 2.63. The number of rotatable bonds is 5. The molecular weight excluding hydrogens is 709 g/mol. The van der Waals surface area contributed by atoms with Crippen molar-refractivity contribution in [3.63, 3.8) is 0 Å². The third-order valence-electron chi connectivity index (χ3n) is 12.9. The largest absolute Gasteiger partial charge is 0.0725 e. The van der Waals surface area contributed by atoms with E-state index in [1.54, 1.807) is 0 Å². The molecule has 10 aromatic carbocycles. The third kappa shape index (κ3) is 5.03. The minimum absolute atomic E-state index is 0.386. The lowest BCUT2D eigenvalue weighted by Crippen LogP contribution is -2.25. The lowest BCUT2D eigenvalue weighted by Gasteiger charge is -2.30. The molecule has 2 aliphatic carbocycles. The summed E-state index contributed by atoms with van der Waals surface area (Å²) in [4.78, 5) is 0. The number of fused-ring (bicyclic) bond motifs is 12. The van der Waals surface area contributed by atoms with Gasteiger partial charge in [-0.3, -0.25) is 0 Å². The second-order valence-corrected chi connectivity index (χ2v) is 15.9. The van der Waals surface area contributed by atoms with Crippen molar-refractivity contribution < 1.29 is 0 Å². The average molecular weight is 747 g/mol. The van der Waals surface area contributed by atoms with E-state index in [9.17, 15) is 0 Å². The van der Waals surface area contributed by atoms with Gasteiger partial charge in [0.2, 0.25) is 0 Å². The normalized spacial score (nSPS) is 13.2. The zero-order valence-electron chi connectivity index (χ0n) is 32.4. The molecule has 0 saturated heterocycles. The summed E-state index contributed by atoms with van der Waals surface area (Å²) >= 11 is 0. The van der Waals surface area contributed by atoms with Crippen LogP contribution in [0, 0.1) is 0 Å². The Morgan fingerprint density at radius 2 is 0.610 bits per heavy atom. The van der Waals surface area contributed by atoms with Crippen molar-refractivity contribution in [2.75, 3.05) is 0 Å². The van der Waals surface area contributed by atoms with Gasteiger partial charge < -0.3 is 0 Å². The van der Waals surface area contributed by atoms with Crippen molar-refractivity contribution in [3.8, 4) is 55.6 Å². The zero-order chi connectivity index (χ0) is 38.9. The van der Waals surface area contributed by atoms with Crippen LogP contribution in [-0.4, -0.2) is 0 Å². The summed E-state index contributed by atoms with van der Waals surface area (Å²) in [6, 6.07) is 80.9. The maximum Gasteiger partial charge on any atom is 0.0725 e. The van der Waals surface area contributed by atoms with Gasteiger partial charge in [0.1, 0.15) is 0 Å². The van der Waals surface area contributed by atoms with Crippen LogP contribution in [0.1, 0.15) is 33.4 Å². The van der Waals surface area contributed by atoms with Gasteiger partial charge >= 0.3 is 0 Å². The summed E-state index contributed by atoms with van der Waals surface area (Å²) in [6.45, 7) is 0. The molecule has 0 nitrogen and oxygen atoms in total. The quantitative estimate of drug-likeness (QED) is 0.122. The predicted octanol–water partition coefficient (Wildman–Crippen LogP) is 15.5. The maximum absolute atomic E-state index is 2.53. The SMILES string of the molecule is C(=Cc1ccc(-c2c3ccccc3c(-c3ccc4c(c3)C3(c5ccccc5-c5ccccc53)c3ccccc3-4)c3ccccc23)cc1)c1ccc(-c2ccccc2)cc1. The maximum atomic E-state index is 2.53. The topological polar surface area (TPSA) is 0 Å². The van der Waals surface area contributed by atoms with Crippen LogP contribution < -0.4 is 0 Å². The molecule has 274 valence electrons. The van der Waals surface area contributed by atoms with E-state index < -0.39 is 0 Å². The summed E-state index contributed by atoms with van der Waals surface area (Å²) in [5.74, 6) is 0. The standard InChI is InChI=1S/C59H38/c1-2-14-41(15-3-1)42-32-28-39(29-33-42)26-27-40-30-34-43(35-31-40)57-49-19-4-6-21-51(49)58(52-22-7-5-20-50(52)57)44-36-37-48-47-18-10-13-25-55(47)59(56(48)38-44)53-23-11-8-16-45(53)46-17-9-12-24-54(46)59/h1-38H. The fourth-order valence-corrected chi connectivity index (χ4v) is 10.4. The second-order valence-electron chi connectivity index (χ2n) is 15.9. The number of hydrogen-bond acceptors (Lipinski definition) is 0. The summed E-state index contributed by atoms with van der Waals surface area (Å²) in [5, 5.41) is 5.05. The highest BCUT2D eigenvalue weighted by atomic mass is 14.5. The lowest BCUT2D eigenvalue weighted by atomic mass is 9.70. The molecule has 0 saturated carbocycles. The van der Waals surface area contributed by atoms with Crippen LogP contribution >= 0.6 is 0 Å². The van der Waals surface area contributed by atoms with Crippen LogP contribution in [0.15, 0.2) is 218 Å². The molecule has 59 heavy (non-hydrogen) atoms. The van der Waals surface area contributed by atoms with E-state index in [-0.39, 0.29) is 5.41 Å². The molecule has 0 heteroatoms. The molecule has 0 N–H and O–H groups in total. The van der Waals surface area contributed by atoms with Gasteiger partial charge in [0.05, 0.1) is 5.41 Å². The Kier molecular flexibility index (Phi) is 7.55. The molecule has 0 fully saturated rings. The molecule has 0 amide bonds. The van der Waals surface area contributed by atoms with Crippen molar-refractivity contribution in [2.45, 2.75) is 5.41 Å². The van der Waals surface area contributed by atoms with E-state index in [0.29, 0.717) is 0 Å². The molecule has 0 aliphatic heterocycles. The van der Waals surface area contributed by atoms with Crippen LogP contribution in [0.5, 0.6) is 0 Å². The Labute approximate surface area is 345 Å². The Morgan fingerprint density at radius 3 is 1.10 bits per heavy atom. The molecule has 2 aliphatic rings. The number of hydrogen-bond donors (Lipinski definition) is 0. The Hall–Kier alpha value is -7.54. The lowest BCUT2D eigenvalue weighted by molar-refractivity contribution is 0.794. The highest BCUT2D eigenvalue weighted by molar-refractivity contribution is 6.21. The first-order valence-corrected chi connectivity index (χ1v) is 20.6. The van der Waals surface area contributed by atoms with Crippen molar-refractivity contribution in [1.29, 1.82) is 0 Å². The molecule has 0 unspecified atom stereocenters. The Balaban J connectivity index is 0.989. The van der Waals surface area contributed by atoms with E-state index in [4.69, 9.17) is 0 Å². The van der Waals surface area contributed by atoms with Gasteiger partial charge in [0, 0.05) is 0 Å². The first-order chi connectivity index (χ1) is 29.3. The van der Waals surface area contributed by atoms with Crippen LogP contribution in [0.3, 0.4) is 0 Å². The van der Waals surface area contributed by atoms with Gasteiger partial charge in [-0.1, -0.05) is 224 Å². The van der Waals surface area contributed by atoms with Crippen LogP contribution in [0.4, 0.5) is 0 Å². The molecule has 0 radical (unpaired) electrons. The molecular formula is C59H38. The van der Waals surface area contributed by atoms with E-state index in [2.05, 4.69) is 231 Å². The van der Waals surface area contributed by atoms with E-state index in [0.717, 1.165) is 0 Å². The molecule has 10 aromatic rings.